The van der Waals surface area contributed by atoms with E-state index in [1.54, 1.807) is 40.0 Å². The minimum Gasteiger partial charge on any atom is -0.323 e. The summed E-state index contributed by atoms with van der Waals surface area (Å²) < 4.78 is 1.71. The van der Waals surface area contributed by atoms with Gasteiger partial charge in [0.25, 0.3) is 5.78 Å². The highest BCUT2D eigenvalue weighted by atomic mass is 32.2. The normalized spacial score (nSPS) is 11.0. The second-order valence-electron chi connectivity index (χ2n) is 4.67. The quantitative estimate of drug-likeness (QED) is 0.571. The lowest BCUT2D eigenvalue weighted by molar-refractivity contribution is 0.949. The Morgan fingerprint density at radius 2 is 1.96 bits per heavy atom. The number of benzene rings is 1. The van der Waals surface area contributed by atoms with E-state index in [0.29, 0.717) is 11.7 Å². The minimum atomic E-state index is 0.512. The van der Waals surface area contributed by atoms with Crippen LogP contribution in [0.4, 0.5) is 11.6 Å². The average molecular weight is 340 g/mol. The van der Waals surface area contributed by atoms with Gasteiger partial charge in [0.2, 0.25) is 5.95 Å². The lowest BCUT2D eigenvalue weighted by atomic mass is 10.3. The van der Waals surface area contributed by atoms with Gasteiger partial charge in [-0.3, -0.25) is 0 Å². The first-order chi connectivity index (χ1) is 11.3. The fraction of sp³-hybridized carbons (Fsp3) is 0.0667. The monoisotopic (exact) mass is 340 g/mol. The molecule has 0 bridgehead atoms. The lowest BCUT2D eigenvalue weighted by Crippen LogP contribution is -1.96. The summed E-state index contributed by atoms with van der Waals surface area (Å²) in [7, 11) is 0. The summed E-state index contributed by atoms with van der Waals surface area (Å²) in [6.07, 6.45) is 5.55. The Kier molecular flexibility index (Phi) is 3.68. The number of thioether (sulfide) groups is 1. The van der Waals surface area contributed by atoms with Gasteiger partial charge in [-0.05, 0) is 36.6 Å². The number of nitrogens with one attached hydrogen (secondary N) is 1. The highest BCUT2D eigenvalue weighted by molar-refractivity contribution is 7.98. The molecule has 0 fully saturated rings. The number of hydrogen-bond donors (Lipinski definition) is 1. The summed E-state index contributed by atoms with van der Waals surface area (Å²) in [5.74, 6) is 1.05. The second-order valence-corrected chi connectivity index (χ2v) is 6.44. The van der Waals surface area contributed by atoms with Gasteiger partial charge in [0.1, 0.15) is 10.7 Å². The topological polar surface area (TPSA) is 68.0 Å². The molecule has 0 saturated carbocycles. The van der Waals surface area contributed by atoms with Crippen LogP contribution in [-0.2, 0) is 0 Å². The average Bonchev–Trinajstić information content (AvgIpc) is 3.24. The zero-order valence-corrected chi connectivity index (χ0v) is 13.8. The first-order valence-corrected chi connectivity index (χ1v) is 8.96. The van der Waals surface area contributed by atoms with Gasteiger partial charge in [-0.25, -0.2) is 9.97 Å². The molecule has 0 atom stereocenters. The molecule has 4 aromatic rings. The zero-order valence-electron chi connectivity index (χ0n) is 12.2. The summed E-state index contributed by atoms with van der Waals surface area (Å²) in [4.78, 5) is 14.2. The van der Waals surface area contributed by atoms with Crippen molar-refractivity contribution in [3.63, 3.8) is 0 Å². The Bertz CT molecular complexity index is 930. The molecule has 8 heteroatoms. The van der Waals surface area contributed by atoms with E-state index in [9.17, 15) is 0 Å². The summed E-state index contributed by atoms with van der Waals surface area (Å²) in [6.45, 7) is 0. The predicted octanol–water partition coefficient (Wildman–Crippen LogP) is 3.71. The molecule has 0 aliphatic heterocycles. The molecule has 114 valence electrons. The van der Waals surface area contributed by atoms with Crippen LogP contribution in [0.5, 0.6) is 0 Å². The Morgan fingerprint density at radius 3 is 2.70 bits per heavy atom. The van der Waals surface area contributed by atoms with Crippen molar-refractivity contribution in [3.8, 4) is 10.7 Å². The van der Waals surface area contributed by atoms with Crippen molar-refractivity contribution in [2.45, 2.75) is 4.90 Å². The summed E-state index contributed by atoms with van der Waals surface area (Å²) in [6, 6.07) is 10.0. The predicted molar refractivity (Wildman–Crippen MR) is 93.4 cm³/mol. The van der Waals surface area contributed by atoms with E-state index in [1.165, 1.54) is 4.90 Å². The molecule has 4 rings (SSSR count). The third-order valence-corrected chi connectivity index (χ3v) is 4.78. The van der Waals surface area contributed by atoms with E-state index in [2.05, 4.69) is 43.8 Å². The largest absolute Gasteiger partial charge is 0.323 e. The molecule has 0 spiro atoms. The van der Waals surface area contributed by atoms with Crippen LogP contribution in [0.15, 0.2) is 53.0 Å². The Morgan fingerprint density at radius 1 is 1.09 bits per heavy atom. The number of thiazole rings is 1. The summed E-state index contributed by atoms with van der Waals surface area (Å²) in [5.41, 5.74) is 1.82. The van der Waals surface area contributed by atoms with E-state index < -0.39 is 0 Å². The number of anilines is 2. The maximum atomic E-state index is 4.50. The van der Waals surface area contributed by atoms with Gasteiger partial charge in [0.05, 0.1) is 0 Å². The Labute approximate surface area is 140 Å². The molecule has 1 aromatic carbocycles. The first-order valence-electron chi connectivity index (χ1n) is 6.86. The fourth-order valence-corrected chi connectivity index (χ4v) is 3.22. The number of nitrogens with zero attached hydrogens (tertiary/aromatic N) is 5. The van der Waals surface area contributed by atoms with Gasteiger partial charge < -0.3 is 5.32 Å². The van der Waals surface area contributed by atoms with Crippen molar-refractivity contribution in [1.82, 2.24) is 24.6 Å². The van der Waals surface area contributed by atoms with E-state index in [1.807, 2.05) is 23.6 Å². The van der Waals surface area contributed by atoms with Crippen molar-refractivity contribution in [2.75, 3.05) is 11.6 Å². The molecule has 0 aliphatic rings. The van der Waals surface area contributed by atoms with Gasteiger partial charge in [0.15, 0.2) is 0 Å². The standard InChI is InChI=1S/C15H12N6S2/c1-22-11-4-2-10(3-5-11)18-14-19-15-17-7-6-12(21(15)20-14)13-16-8-9-23-13/h2-9H,1H3,(H,18,20). The second kappa shape index (κ2) is 5.98. The van der Waals surface area contributed by atoms with Crippen molar-refractivity contribution in [3.05, 3.63) is 48.1 Å². The first kappa shape index (κ1) is 14.2. The summed E-state index contributed by atoms with van der Waals surface area (Å²) >= 11 is 3.27. The molecular formula is C15H12N6S2. The summed E-state index contributed by atoms with van der Waals surface area (Å²) in [5, 5.41) is 10.5. The zero-order chi connectivity index (χ0) is 15.6. The number of fused-ring (bicyclic) bond motifs is 1. The van der Waals surface area contributed by atoms with Crippen molar-refractivity contribution < 1.29 is 0 Å². The number of aromatic nitrogens is 5. The van der Waals surface area contributed by atoms with E-state index >= 15 is 0 Å². The van der Waals surface area contributed by atoms with Crippen LogP contribution in [0.3, 0.4) is 0 Å². The van der Waals surface area contributed by atoms with Crippen LogP contribution >= 0.6 is 23.1 Å². The Hall–Kier alpha value is -2.45. The van der Waals surface area contributed by atoms with Gasteiger partial charge in [-0.1, -0.05) is 0 Å². The maximum Gasteiger partial charge on any atom is 0.254 e. The highest BCUT2D eigenvalue weighted by Gasteiger charge is 2.11. The van der Waals surface area contributed by atoms with Crippen molar-refractivity contribution in [1.29, 1.82) is 0 Å². The molecule has 3 heterocycles. The van der Waals surface area contributed by atoms with Crippen molar-refractivity contribution in [2.24, 2.45) is 0 Å². The molecule has 0 aliphatic carbocycles. The van der Waals surface area contributed by atoms with Crippen LogP contribution in [-0.4, -0.2) is 30.8 Å². The third kappa shape index (κ3) is 2.78. The van der Waals surface area contributed by atoms with Gasteiger partial charge in [0, 0.05) is 28.4 Å². The van der Waals surface area contributed by atoms with Crippen LogP contribution < -0.4 is 5.32 Å². The molecule has 0 amide bonds. The van der Waals surface area contributed by atoms with E-state index in [4.69, 9.17) is 0 Å². The molecule has 0 radical (unpaired) electrons. The lowest BCUT2D eigenvalue weighted by Gasteiger charge is -2.02. The van der Waals surface area contributed by atoms with E-state index in [-0.39, 0.29) is 0 Å². The molecule has 0 saturated heterocycles. The van der Waals surface area contributed by atoms with E-state index in [0.717, 1.165) is 16.4 Å². The molecule has 23 heavy (non-hydrogen) atoms. The highest BCUT2D eigenvalue weighted by Crippen LogP contribution is 2.23. The molecule has 0 unspecified atom stereocenters. The van der Waals surface area contributed by atoms with Crippen LogP contribution in [0.1, 0.15) is 0 Å². The molecule has 1 N–H and O–H groups in total. The Balaban J connectivity index is 1.70. The SMILES string of the molecule is CSc1ccc(Nc2nc3nccc(-c4nccs4)n3n2)cc1. The van der Waals surface area contributed by atoms with Crippen LogP contribution in [0, 0.1) is 0 Å². The van der Waals surface area contributed by atoms with Gasteiger partial charge in [-0.2, -0.15) is 9.50 Å². The van der Waals surface area contributed by atoms with Crippen LogP contribution in [0.25, 0.3) is 16.5 Å². The minimum absolute atomic E-state index is 0.512. The smallest absolute Gasteiger partial charge is 0.254 e. The fourth-order valence-electron chi connectivity index (χ4n) is 2.16. The van der Waals surface area contributed by atoms with Crippen molar-refractivity contribution >= 4 is 40.5 Å². The number of hydrogen-bond acceptors (Lipinski definition) is 7. The van der Waals surface area contributed by atoms with Crippen LogP contribution in [0.2, 0.25) is 0 Å². The van der Waals surface area contributed by atoms with Gasteiger partial charge in [-0.15, -0.1) is 28.2 Å². The number of rotatable bonds is 4. The molecule has 3 aromatic heterocycles. The molecule has 6 nitrogen and oxygen atoms in total. The maximum absolute atomic E-state index is 4.50. The third-order valence-electron chi connectivity index (χ3n) is 3.24. The molecular weight excluding hydrogens is 328 g/mol. The van der Waals surface area contributed by atoms with Gasteiger partial charge >= 0.3 is 0 Å².